The van der Waals surface area contributed by atoms with Crippen LogP contribution in [0.5, 0.6) is 0 Å². The van der Waals surface area contributed by atoms with Gasteiger partial charge in [-0.15, -0.1) is 0 Å². The average Bonchev–Trinajstić information content (AvgIpc) is 2.64. The highest BCUT2D eigenvalue weighted by Crippen LogP contribution is 2.38. The fraction of sp³-hybridized carbons (Fsp3) is 0.0625. The van der Waals surface area contributed by atoms with Gasteiger partial charge in [0, 0.05) is 11.9 Å². The zero-order valence-electron chi connectivity index (χ0n) is 14.0. The van der Waals surface area contributed by atoms with Gasteiger partial charge in [0.1, 0.15) is 12.1 Å². The number of nitrogens with zero attached hydrogens (tertiary/aromatic N) is 4. The van der Waals surface area contributed by atoms with Gasteiger partial charge in [0.25, 0.3) is 0 Å². The maximum atomic E-state index is 13.0. The van der Waals surface area contributed by atoms with E-state index in [0.717, 1.165) is 18.5 Å². The Balaban J connectivity index is 1.98. The van der Waals surface area contributed by atoms with Crippen molar-refractivity contribution >= 4 is 52.0 Å². The summed E-state index contributed by atoms with van der Waals surface area (Å²) in [5, 5.41) is 16.6. The summed E-state index contributed by atoms with van der Waals surface area (Å²) >= 11 is 11.3. The molecule has 1 aromatic carbocycles. The van der Waals surface area contributed by atoms with Gasteiger partial charge in [-0.1, -0.05) is 23.2 Å². The summed E-state index contributed by atoms with van der Waals surface area (Å²) in [5.74, 6) is -0.322. The minimum absolute atomic E-state index is 0.0981. The zero-order valence-corrected chi connectivity index (χ0v) is 15.5. The number of aromatic nitrogens is 3. The molecule has 0 aliphatic heterocycles. The Labute approximate surface area is 170 Å². The standard InChI is InChI=1S/C16H9Cl2F3N6O2/c17-8-1-4-12(22-6-8)26-15-13(27(28)29)14(23-7-24-15)25-9-2-3-11(18)10(5-9)16(19,20)21/h1-7H,(H2,22,23,24,25,26). The lowest BCUT2D eigenvalue weighted by Gasteiger charge is -2.13. The Hall–Kier alpha value is -3.18. The van der Waals surface area contributed by atoms with E-state index in [2.05, 4.69) is 25.6 Å². The van der Waals surface area contributed by atoms with Crippen molar-refractivity contribution in [3.05, 3.63) is 68.6 Å². The predicted molar refractivity (Wildman–Crippen MR) is 101 cm³/mol. The van der Waals surface area contributed by atoms with E-state index in [-0.39, 0.29) is 23.1 Å². The van der Waals surface area contributed by atoms with Crippen LogP contribution >= 0.6 is 23.2 Å². The molecule has 0 radical (unpaired) electrons. The third kappa shape index (κ3) is 4.81. The van der Waals surface area contributed by atoms with Gasteiger partial charge in [-0.25, -0.2) is 15.0 Å². The van der Waals surface area contributed by atoms with Gasteiger partial charge < -0.3 is 10.6 Å². The number of hydrogen-bond acceptors (Lipinski definition) is 7. The van der Waals surface area contributed by atoms with Crippen LogP contribution in [0.4, 0.5) is 42.0 Å². The van der Waals surface area contributed by atoms with Gasteiger partial charge in [-0.05, 0) is 30.3 Å². The Morgan fingerprint density at radius 1 is 1.00 bits per heavy atom. The van der Waals surface area contributed by atoms with E-state index in [0.29, 0.717) is 5.02 Å². The molecule has 13 heteroatoms. The van der Waals surface area contributed by atoms with Crippen molar-refractivity contribution in [3.63, 3.8) is 0 Å². The molecule has 0 unspecified atom stereocenters. The van der Waals surface area contributed by atoms with E-state index in [1.165, 1.54) is 24.4 Å². The molecule has 0 fully saturated rings. The fourth-order valence-electron chi connectivity index (χ4n) is 2.26. The normalized spacial score (nSPS) is 11.2. The largest absolute Gasteiger partial charge is 0.417 e. The monoisotopic (exact) mass is 444 g/mol. The molecule has 0 saturated carbocycles. The number of rotatable bonds is 5. The molecule has 8 nitrogen and oxygen atoms in total. The number of hydrogen-bond donors (Lipinski definition) is 2. The molecule has 3 aromatic rings. The van der Waals surface area contributed by atoms with Crippen molar-refractivity contribution in [1.82, 2.24) is 15.0 Å². The maximum absolute atomic E-state index is 13.0. The van der Waals surface area contributed by atoms with Gasteiger partial charge in [-0.3, -0.25) is 10.1 Å². The quantitative estimate of drug-likeness (QED) is 0.389. The molecule has 29 heavy (non-hydrogen) atoms. The smallest absolute Gasteiger partial charge is 0.334 e. The second-order valence-corrected chi connectivity index (χ2v) is 6.32. The summed E-state index contributed by atoms with van der Waals surface area (Å²) in [7, 11) is 0. The van der Waals surface area contributed by atoms with Crippen LogP contribution in [0.1, 0.15) is 5.56 Å². The average molecular weight is 445 g/mol. The molecule has 0 aliphatic carbocycles. The lowest BCUT2D eigenvalue weighted by Crippen LogP contribution is -2.08. The van der Waals surface area contributed by atoms with Crippen LogP contribution in [0.3, 0.4) is 0 Å². The van der Waals surface area contributed by atoms with Gasteiger partial charge in [0.2, 0.25) is 11.6 Å². The number of benzene rings is 1. The minimum atomic E-state index is -4.70. The molecule has 0 saturated heterocycles. The zero-order chi connectivity index (χ0) is 21.2. The van der Waals surface area contributed by atoms with Gasteiger partial charge in [-0.2, -0.15) is 13.2 Å². The number of pyridine rings is 1. The first-order chi connectivity index (χ1) is 13.6. The number of nitrogens with one attached hydrogen (secondary N) is 2. The van der Waals surface area contributed by atoms with Crippen LogP contribution < -0.4 is 10.6 Å². The van der Waals surface area contributed by atoms with Crippen molar-refractivity contribution < 1.29 is 18.1 Å². The highest BCUT2D eigenvalue weighted by atomic mass is 35.5. The Morgan fingerprint density at radius 3 is 2.28 bits per heavy atom. The second kappa shape index (κ2) is 8.05. The summed E-state index contributed by atoms with van der Waals surface area (Å²) < 4.78 is 39.1. The topological polar surface area (TPSA) is 106 Å². The van der Waals surface area contributed by atoms with E-state index in [4.69, 9.17) is 23.2 Å². The van der Waals surface area contributed by atoms with Crippen molar-refractivity contribution in [2.45, 2.75) is 6.18 Å². The third-order valence-corrected chi connectivity index (χ3v) is 4.07. The first-order valence-corrected chi connectivity index (χ1v) is 8.42. The summed E-state index contributed by atoms with van der Waals surface area (Å²) in [6.45, 7) is 0. The summed E-state index contributed by atoms with van der Waals surface area (Å²) in [5.41, 5.74) is -1.78. The molecule has 0 spiro atoms. The van der Waals surface area contributed by atoms with Crippen LogP contribution in [0.2, 0.25) is 10.0 Å². The summed E-state index contributed by atoms with van der Waals surface area (Å²) in [6, 6.07) is 5.96. The molecule has 0 aliphatic rings. The van der Waals surface area contributed by atoms with Crippen molar-refractivity contribution in [3.8, 4) is 0 Å². The molecule has 0 bridgehead atoms. The van der Waals surface area contributed by atoms with E-state index in [9.17, 15) is 23.3 Å². The SMILES string of the molecule is O=[N+]([O-])c1c(Nc2ccc(Cl)c(C(F)(F)F)c2)ncnc1Nc1ccc(Cl)cn1. The Morgan fingerprint density at radius 2 is 1.69 bits per heavy atom. The lowest BCUT2D eigenvalue weighted by atomic mass is 10.2. The molecule has 2 aromatic heterocycles. The number of halogens is 5. The molecule has 2 heterocycles. The molecular formula is C16H9Cl2F3N6O2. The van der Waals surface area contributed by atoms with Crippen LogP contribution in [0, 0.1) is 10.1 Å². The lowest BCUT2D eigenvalue weighted by molar-refractivity contribution is -0.383. The summed E-state index contributed by atoms with van der Waals surface area (Å²) in [4.78, 5) is 22.3. The minimum Gasteiger partial charge on any atom is -0.334 e. The van der Waals surface area contributed by atoms with Crippen LogP contribution in [0.15, 0.2) is 42.9 Å². The molecular weight excluding hydrogens is 436 g/mol. The Kier molecular flexibility index (Phi) is 5.71. The van der Waals surface area contributed by atoms with Gasteiger partial charge >= 0.3 is 11.9 Å². The van der Waals surface area contributed by atoms with Crippen LogP contribution in [0.25, 0.3) is 0 Å². The molecule has 3 rings (SSSR count). The molecule has 0 atom stereocenters. The maximum Gasteiger partial charge on any atom is 0.417 e. The first-order valence-electron chi connectivity index (χ1n) is 7.67. The van der Waals surface area contributed by atoms with E-state index < -0.39 is 27.4 Å². The van der Waals surface area contributed by atoms with E-state index in [1.54, 1.807) is 0 Å². The van der Waals surface area contributed by atoms with Gasteiger partial charge in [0.15, 0.2) is 0 Å². The molecule has 150 valence electrons. The number of anilines is 4. The van der Waals surface area contributed by atoms with Crippen molar-refractivity contribution in [2.24, 2.45) is 0 Å². The highest BCUT2D eigenvalue weighted by molar-refractivity contribution is 6.31. The van der Waals surface area contributed by atoms with Crippen LogP contribution in [-0.2, 0) is 6.18 Å². The molecule has 0 amide bonds. The van der Waals surface area contributed by atoms with E-state index in [1.807, 2.05) is 0 Å². The predicted octanol–water partition coefficient (Wildman–Crippen LogP) is 5.59. The van der Waals surface area contributed by atoms with Gasteiger partial charge in [0.05, 0.1) is 20.5 Å². The van der Waals surface area contributed by atoms with Crippen LogP contribution in [-0.4, -0.2) is 19.9 Å². The summed E-state index contributed by atoms with van der Waals surface area (Å²) in [6.07, 6.45) is -2.37. The fourth-order valence-corrected chi connectivity index (χ4v) is 2.60. The Bertz CT molecular complexity index is 1060. The van der Waals surface area contributed by atoms with E-state index >= 15 is 0 Å². The van der Waals surface area contributed by atoms with Crippen molar-refractivity contribution in [2.75, 3.05) is 10.6 Å². The highest BCUT2D eigenvalue weighted by Gasteiger charge is 2.33. The second-order valence-electron chi connectivity index (χ2n) is 5.48. The third-order valence-electron chi connectivity index (χ3n) is 3.51. The first kappa shape index (κ1) is 20.6. The van der Waals surface area contributed by atoms with Crippen molar-refractivity contribution in [1.29, 1.82) is 0 Å². The molecule has 2 N–H and O–H groups in total. The number of nitro groups is 1. The number of alkyl halides is 3.